The smallest absolute Gasteiger partial charge is 0.298 e. The van der Waals surface area contributed by atoms with E-state index in [1.54, 1.807) is 36.4 Å². The van der Waals surface area contributed by atoms with E-state index in [1.165, 1.54) is 58.2 Å². The van der Waals surface area contributed by atoms with Crippen LogP contribution in [0.2, 0.25) is 0 Å². The number of alkyl halides is 2. The fraction of sp³-hybridized carbons (Fsp3) is 0.111. The van der Waals surface area contributed by atoms with E-state index in [-0.39, 0.29) is 28.9 Å². The number of aromatic nitrogens is 2. The van der Waals surface area contributed by atoms with E-state index in [4.69, 9.17) is 5.26 Å². The van der Waals surface area contributed by atoms with Crippen molar-refractivity contribution in [1.29, 1.82) is 5.26 Å². The molecule has 2 heterocycles. The van der Waals surface area contributed by atoms with Crippen molar-refractivity contribution in [1.82, 2.24) is 9.78 Å². The zero-order valence-electron chi connectivity index (χ0n) is 18.9. The molecule has 4 aromatic rings. The number of anilines is 2. The summed E-state index contributed by atoms with van der Waals surface area (Å²) in [6.45, 7) is 0.605. The van der Waals surface area contributed by atoms with Crippen LogP contribution in [0.15, 0.2) is 85.1 Å². The van der Waals surface area contributed by atoms with Gasteiger partial charge < -0.3 is 10.2 Å². The Hall–Kier alpha value is -4.84. The van der Waals surface area contributed by atoms with Crippen LogP contribution in [0.4, 0.5) is 20.2 Å². The van der Waals surface area contributed by atoms with Gasteiger partial charge in [0.1, 0.15) is 5.69 Å². The van der Waals surface area contributed by atoms with Gasteiger partial charge in [-0.25, -0.2) is 0 Å². The van der Waals surface area contributed by atoms with Crippen LogP contribution < -0.4 is 10.2 Å². The Morgan fingerprint density at radius 2 is 1.69 bits per heavy atom. The minimum absolute atomic E-state index is 0.0827. The predicted octanol–water partition coefficient (Wildman–Crippen LogP) is 4.81. The van der Waals surface area contributed by atoms with E-state index in [1.807, 2.05) is 6.07 Å². The number of halogens is 2. The third-order valence-electron chi connectivity index (χ3n) is 5.99. The number of amides is 2. The Balaban J connectivity index is 1.39. The lowest BCUT2D eigenvalue weighted by Gasteiger charge is -2.28. The van der Waals surface area contributed by atoms with E-state index >= 15 is 0 Å². The Morgan fingerprint density at radius 1 is 0.972 bits per heavy atom. The van der Waals surface area contributed by atoms with Crippen molar-refractivity contribution in [2.24, 2.45) is 0 Å². The number of carbonyl (C=O) groups excluding carboxylic acids is 2. The molecule has 1 aliphatic rings. The average molecular weight is 483 g/mol. The van der Waals surface area contributed by atoms with Gasteiger partial charge in [-0.05, 0) is 30.3 Å². The topological polar surface area (TPSA) is 91.0 Å². The van der Waals surface area contributed by atoms with Gasteiger partial charge in [0.25, 0.3) is 17.7 Å². The molecule has 0 bridgehead atoms. The van der Waals surface area contributed by atoms with Crippen LogP contribution in [-0.2, 0) is 12.5 Å². The molecule has 0 unspecified atom stereocenters. The van der Waals surface area contributed by atoms with Crippen molar-refractivity contribution in [2.75, 3.05) is 16.8 Å². The van der Waals surface area contributed by atoms with Crippen LogP contribution in [-0.4, -0.2) is 28.1 Å². The molecule has 0 saturated carbocycles. The molecule has 36 heavy (non-hydrogen) atoms. The number of nitrogens with zero attached hydrogens (tertiary/aromatic N) is 4. The van der Waals surface area contributed by atoms with Gasteiger partial charge in [0.2, 0.25) is 0 Å². The molecule has 0 spiro atoms. The average Bonchev–Trinajstić information content (AvgIpc) is 3.35. The van der Waals surface area contributed by atoms with Gasteiger partial charge in [-0.1, -0.05) is 48.5 Å². The van der Waals surface area contributed by atoms with Gasteiger partial charge in [-0.2, -0.15) is 19.1 Å². The SMILES string of the molecule is N#Cc1cccc(NC(=O)c2cnn3c2C(=O)N(c2ccc(C(F)(F)c4ccccc4)cc2)CC3)c1. The molecule has 5 rings (SSSR count). The number of rotatable bonds is 5. The highest BCUT2D eigenvalue weighted by molar-refractivity contribution is 6.15. The molecular weight excluding hydrogens is 464 g/mol. The zero-order chi connectivity index (χ0) is 25.3. The van der Waals surface area contributed by atoms with Crippen molar-refractivity contribution in [3.63, 3.8) is 0 Å². The molecule has 1 aliphatic heterocycles. The molecule has 3 aromatic carbocycles. The second-order valence-corrected chi connectivity index (χ2v) is 8.22. The van der Waals surface area contributed by atoms with Crippen molar-refractivity contribution in [3.05, 3.63) is 113 Å². The summed E-state index contributed by atoms with van der Waals surface area (Å²) in [7, 11) is 0. The fourth-order valence-electron chi connectivity index (χ4n) is 4.15. The number of hydrogen-bond acceptors (Lipinski definition) is 4. The van der Waals surface area contributed by atoms with Crippen LogP contribution in [0.25, 0.3) is 0 Å². The summed E-state index contributed by atoms with van der Waals surface area (Å²) in [5, 5.41) is 15.9. The minimum atomic E-state index is -3.18. The molecular formula is C27H19F2N5O2. The maximum absolute atomic E-state index is 14.9. The Morgan fingerprint density at radius 3 is 2.42 bits per heavy atom. The number of benzene rings is 3. The van der Waals surface area contributed by atoms with E-state index in [0.717, 1.165) is 0 Å². The van der Waals surface area contributed by atoms with Crippen molar-refractivity contribution < 1.29 is 18.4 Å². The highest BCUT2D eigenvalue weighted by Crippen LogP contribution is 2.36. The molecule has 7 nitrogen and oxygen atoms in total. The maximum atomic E-state index is 14.9. The van der Waals surface area contributed by atoms with Crippen LogP contribution >= 0.6 is 0 Å². The van der Waals surface area contributed by atoms with Crippen LogP contribution in [0.3, 0.4) is 0 Å². The Kier molecular flexibility index (Phi) is 5.78. The first-order valence-electron chi connectivity index (χ1n) is 11.1. The summed E-state index contributed by atoms with van der Waals surface area (Å²) in [4.78, 5) is 27.7. The lowest BCUT2D eigenvalue weighted by molar-refractivity contribution is 0.0428. The zero-order valence-corrected chi connectivity index (χ0v) is 18.9. The predicted molar refractivity (Wildman–Crippen MR) is 129 cm³/mol. The molecule has 0 atom stereocenters. The van der Waals surface area contributed by atoms with Gasteiger partial charge in [0.05, 0.1) is 29.9 Å². The summed E-state index contributed by atoms with van der Waals surface area (Å²) in [6, 6.07) is 21.5. The first-order chi connectivity index (χ1) is 17.4. The number of nitrogens with one attached hydrogen (secondary N) is 1. The normalized spacial score (nSPS) is 13.1. The first kappa shape index (κ1) is 22.9. The fourth-order valence-corrected chi connectivity index (χ4v) is 4.15. The Bertz CT molecular complexity index is 1490. The molecule has 0 aliphatic carbocycles. The number of nitriles is 1. The second-order valence-electron chi connectivity index (χ2n) is 8.22. The monoisotopic (exact) mass is 483 g/mol. The molecule has 2 amide bonds. The lowest BCUT2D eigenvalue weighted by Crippen LogP contribution is -2.41. The standard InChI is InChI=1S/C27H19F2N5O2/c28-27(29,19-6-2-1-3-7-19)20-9-11-22(12-10-20)33-13-14-34-24(26(33)36)23(17-31-34)25(35)32-21-8-4-5-18(15-21)16-30/h1-12,15,17H,13-14H2,(H,32,35). The Labute approximate surface area is 205 Å². The molecule has 9 heteroatoms. The van der Waals surface area contributed by atoms with E-state index in [9.17, 15) is 18.4 Å². The molecule has 0 saturated heterocycles. The summed E-state index contributed by atoms with van der Waals surface area (Å²) in [6.07, 6.45) is 1.32. The van der Waals surface area contributed by atoms with Crippen molar-refractivity contribution >= 4 is 23.2 Å². The summed E-state index contributed by atoms with van der Waals surface area (Å²) < 4.78 is 31.3. The van der Waals surface area contributed by atoms with Crippen LogP contribution in [0, 0.1) is 11.3 Å². The van der Waals surface area contributed by atoms with Gasteiger partial charge in [-0.3, -0.25) is 14.3 Å². The number of carbonyl (C=O) groups is 2. The minimum Gasteiger partial charge on any atom is -0.322 e. The van der Waals surface area contributed by atoms with E-state index in [0.29, 0.717) is 23.5 Å². The summed E-state index contributed by atoms with van der Waals surface area (Å²) in [5.41, 5.74) is 1.11. The molecule has 0 radical (unpaired) electrons. The first-order valence-corrected chi connectivity index (χ1v) is 11.1. The molecule has 178 valence electrons. The number of hydrogen-bond donors (Lipinski definition) is 1. The van der Waals surface area contributed by atoms with Gasteiger partial charge in [0.15, 0.2) is 0 Å². The second kappa shape index (κ2) is 9.07. The summed E-state index contributed by atoms with van der Waals surface area (Å²) in [5.74, 6) is -4.19. The molecule has 1 aromatic heterocycles. The highest BCUT2D eigenvalue weighted by Gasteiger charge is 2.35. The largest absolute Gasteiger partial charge is 0.322 e. The van der Waals surface area contributed by atoms with Crippen molar-refractivity contribution in [3.8, 4) is 6.07 Å². The highest BCUT2D eigenvalue weighted by atomic mass is 19.3. The maximum Gasteiger partial charge on any atom is 0.298 e. The van der Waals surface area contributed by atoms with Gasteiger partial charge >= 0.3 is 0 Å². The third-order valence-corrected chi connectivity index (χ3v) is 5.99. The summed E-state index contributed by atoms with van der Waals surface area (Å²) >= 11 is 0. The molecule has 1 N–H and O–H groups in total. The number of fused-ring (bicyclic) bond motifs is 1. The van der Waals surface area contributed by atoms with Crippen LogP contribution in [0.5, 0.6) is 0 Å². The quantitative estimate of drug-likeness (QED) is 0.441. The lowest BCUT2D eigenvalue weighted by atomic mass is 10.00. The van der Waals surface area contributed by atoms with E-state index < -0.39 is 17.7 Å². The van der Waals surface area contributed by atoms with Gasteiger partial charge in [0, 0.05) is 29.0 Å². The van der Waals surface area contributed by atoms with Crippen LogP contribution in [0.1, 0.15) is 37.5 Å². The van der Waals surface area contributed by atoms with Gasteiger partial charge in [-0.15, -0.1) is 0 Å². The molecule has 0 fully saturated rings. The van der Waals surface area contributed by atoms with Crippen molar-refractivity contribution in [2.45, 2.75) is 12.5 Å². The third kappa shape index (κ3) is 4.09. The van der Waals surface area contributed by atoms with E-state index in [2.05, 4.69) is 10.4 Å².